The maximum absolute atomic E-state index is 11.4. The predicted molar refractivity (Wildman–Crippen MR) is 62.2 cm³/mol. The van der Waals surface area contributed by atoms with Crippen LogP contribution in [0.1, 0.15) is 10.4 Å². The number of halogens is 1. The molecule has 0 aliphatic rings. The van der Waals surface area contributed by atoms with Gasteiger partial charge in [0.1, 0.15) is 0 Å². The Balaban J connectivity index is 2.96. The van der Waals surface area contributed by atoms with Crippen molar-refractivity contribution in [3.63, 3.8) is 0 Å². The number of benzene rings is 1. The van der Waals surface area contributed by atoms with E-state index in [9.17, 15) is 4.79 Å². The molecule has 2 N–H and O–H groups in total. The minimum absolute atomic E-state index is 0.218. The fraction of sp³-hybridized carbons (Fsp3) is 0.182. The smallest absolute Gasteiger partial charge is 0.252 e. The molecule has 1 amide bonds. The summed E-state index contributed by atoms with van der Waals surface area (Å²) in [6.45, 7) is 0.412. The van der Waals surface area contributed by atoms with E-state index in [0.29, 0.717) is 17.1 Å². The van der Waals surface area contributed by atoms with Crippen molar-refractivity contribution >= 4 is 23.2 Å². The van der Waals surface area contributed by atoms with E-state index in [2.05, 4.69) is 16.6 Å². The third-order valence-corrected chi connectivity index (χ3v) is 2.16. The summed E-state index contributed by atoms with van der Waals surface area (Å²) in [4.78, 5) is 11.4. The van der Waals surface area contributed by atoms with Crippen molar-refractivity contribution in [2.75, 3.05) is 18.9 Å². The van der Waals surface area contributed by atoms with Gasteiger partial charge in [0, 0.05) is 12.7 Å². The van der Waals surface area contributed by atoms with Crippen LogP contribution >= 0.6 is 11.6 Å². The van der Waals surface area contributed by atoms with Crippen molar-refractivity contribution in [2.24, 2.45) is 0 Å². The van der Waals surface area contributed by atoms with Crippen molar-refractivity contribution in [3.8, 4) is 12.3 Å². The van der Waals surface area contributed by atoms with Crippen LogP contribution in [0.2, 0.25) is 5.02 Å². The third-order valence-electron chi connectivity index (χ3n) is 1.83. The van der Waals surface area contributed by atoms with Gasteiger partial charge in [-0.15, -0.1) is 6.42 Å². The summed E-state index contributed by atoms with van der Waals surface area (Å²) < 4.78 is 0. The van der Waals surface area contributed by atoms with Gasteiger partial charge in [0.05, 0.1) is 17.1 Å². The second-order valence-electron chi connectivity index (χ2n) is 2.83. The summed E-state index contributed by atoms with van der Waals surface area (Å²) in [6, 6.07) is 5.09. The van der Waals surface area contributed by atoms with E-state index >= 15 is 0 Å². The van der Waals surface area contributed by atoms with E-state index in [-0.39, 0.29) is 5.91 Å². The van der Waals surface area contributed by atoms with E-state index in [1.165, 1.54) is 0 Å². The first-order valence-corrected chi connectivity index (χ1v) is 4.75. The molecule has 3 nitrogen and oxygen atoms in total. The number of nitrogens with one attached hydrogen (secondary N) is 2. The van der Waals surface area contributed by atoms with Crippen molar-refractivity contribution in [2.45, 2.75) is 0 Å². The maximum Gasteiger partial charge on any atom is 0.252 e. The summed E-state index contributed by atoms with van der Waals surface area (Å²) in [7, 11) is 1.56. The molecule has 1 aromatic carbocycles. The SMILES string of the molecule is C#CCNc1ccc(Cl)c(C(=O)NC)c1. The fourth-order valence-electron chi connectivity index (χ4n) is 1.10. The molecule has 0 radical (unpaired) electrons. The van der Waals surface area contributed by atoms with Crippen LogP contribution in [0.15, 0.2) is 18.2 Å². The fourth-order valence-corrected chi connectivity index (χ4v) is 1.30. The summed E-state index contributed by atoms with van der Waals surface area (Å²) >= 11 is 5.87. The normalized spacial score (nSPS) is 9.13. The molecule has 0 aromatic heterocycles. The minimum Gasteiger partial charge on any atom is -0.374 e. The minimum atomic E-state index is -0.218. The molecule has 78 valence electrons. The number of hydrogen-bond donors (Lipinski definition) is 2. The standard InChI is InChI=1S/C11H11ClN2O/c1-3-6-14-8-4-5-10(12)9(7-8)11(15)13-2/h1,4-5,7,14H,6H2,2H3,(H,13,15). The van der Waals surface area contributed by atoms with Crippen molar-refractivity contribution in [1.82, 2.24) is 5.32 Å². The van der Waals surface area contributed by atoms with Gasteiger partial charge in [0.25, 0.3) is 5.91 Å². The quantitative estimate of drug-likeness (QED) is 0.765. The lowest BCUT2D eigenvalue weighted by molar-refractivity contribution is 0.0963. The van der Waals surface area contributed by atoms with Crippen LogP contribution in [0.5, 0.6) is 0 Å². The average Bonchev–Trinajstić information content (AvgIpc) is 2.27. The van der Waals surface area contributed by atoms with Gasteiger partial charge in [-0.05, 0) is 18.2 Å². The van der Waals surface area contributed by atoms with Gasteiger partial charge in [-0.1, -0.05) is 17.5 Å². The van der Waals surface area contributed by atoms with Crippen LogP contribution in [0, 0.1) is 12.3 Å². The maximum atomic E-state index is 11.4. The van der Waals surface area contributed by atoms with Gasteiger partial charge in [-0.3, -0.25) is 4.79 Å². The lowest BCUT2D eigenvalue weighted by atomic mass is 10.2. The van der Waals surface area contributed by atoms with Crippen molar-refractivity contribution < 1.29 is 4.79 Å². The van der Waals surface area contributed by atoms with Gasteiger partial charge < -0.3 is 10.6 Å². The van der Waals surface area contributed by atoms with Gasteiger partial charge in [-0.25, -0.2) is 0 Å². The van der Waals surface area contributed by atoms with Crippen LogP contribution in [-0.2, 0) is 0 Å². The van der Waals surface area contributed by atoms with Crippen LogP contribution in [0.25, 0.3) is 0 Å². The van der Waals surface area contributed by atoms with Crippen LogP contribution in [-0.4, -0.2) is 19.5 Å². The first kappa shape index (κ1) is 11.4. The van der Waals surface area contributed by atoms with E-state index in [0.717, 1.165) is 5.69 Å². The predicted octanol–water partition coefficient (Wildman–Crippen LogP) is 1.74. The molecule has 0 fully saturated rings. The zero-order valence-electron chi connectivity index (χ0n) is 8.30. The molecule has 0 saturated heterocycles. The molecule has 0 atom stereocenters. The highest BCUT2D eigenvalue weighted by Crippen LogP contribution is 2.20. The molecular formula is C11H11ClN2O. The van der Waals surface area contributed by atoms with E-state index in [1.807, 2.05) is 0 Å². The molecule has 0 heterocycles. The first-order chi connectivity index (χ1) is 7.19. The number of amides is 1. The number of hydrogen-bond acceptors (Lipinski definition) is 2. The zero-order valence-corrected chi connectivity index (χ0v) is 9.06. The largest absolute Gasteiger partial charge is 0.374 e. The number of rotatable bonds is 3. The highest BCUT2D eigenvalue weighted by atomic mass is 35.5. The molecule has 0 bridgehead atoms. The summed E-state index contributed by atoms with van der Waals surface area (Å²) in [5, 5.41) is 5.90. The molecule has 0 aliphatic heterocycles. The van der Waals surface area contributed by atoms with E-state index in [1.54, 1.807) is 25.2 Å². The Morgan fingerprint density at radius 2 is 2.33 bits per heavy atom. The Hall–Kier alpha value is -1.66. The lowest BCUT2D eigenvalue weighted by Crippen LogP contribution is -2.18. The monoisotopic (exact) mass is 222 g/mol. The Morgan fingerprint density at radius 3 is 2.93 bits per heavy atom. The molecule has 1 aromatic rings. The van der Waals surface area contributed by atoms with E-state index < -0.39 is 0 Å². The number of terminal acetylenes is 1. The molecule has 15 heavy (non-hydrogen) atoms. The summed E-state index contributed by atoms with van der Waals surface area (Å²) in [5.41, 5.74) is 1.21. The van der Waals surface area contributed by atoms with Gasteiger partial charge in [0.2, 0.25) is 0 Å². The topological polar surface area (TPSA) is 41.1 Å². The van der Waals surface area contributed by atoms with Crippen LogP contribution in [0.3, 0.4) is 0 Å². The molecule has 1 rings (SSSR count). The van der Waals surface area contributed by atoms with E-state index in [4.69, 9.17) is 18.0 Å². The second-order valence-corrected chi connectivity index (χ2v) is 3.24. The summed E-state index contributed by atoms with van der Waals surface area (Å²) in [5.74, 6) is 2.23. The summed E-state index contributed by atoms with van der Waals surface area (Å²) in [6.07, 6.45) is 5.11. The molecule has 0 aliphatic carbocycles. The van der Waals surface area contributed by atoms with Crippen molar-refractivity contribution in [3.05, 3.63) is 28.8 Å². The number of anilines is 1. The van der Waals surface area contributed by atoms with Gasteiger partial charge in [-0.2, -0.15) is 0 Å². The van der Waals surface area contributed by atoms with Crippen LogP contribution < -0.4 is 10.6 Å². The number of carbonyl (C=O) groups excluding carboxylic acids is 1. The van der Waals surface area contributed by atoms with Gasteiger partial charge >= 0.3 is 0 Å². The second kappa shape index (κ2) is 5.28. The zero-order chi connectivity index (χ0) is 11.3. The Morgan fingerprint density at radius 1 is 1.60 bits per heavy atom. The van der Waals surface area contributed by atoms with Crippen LogP contribution in [0.4, 0.5) is 5.69 Å². The van der Waals surface area contributed by atoms with Crippen molar-refractivity contribution in [1.29, 1.82) is 0 Å². The highest BCUT2D eigenvalue weighted by molar-refractivity contribution is 6.34. The Bertz CT molecular complexity index is 410. The molecule has 0 unspecified atom stereocenters. The van der Waals surface area contributed by atoms with Gasteiger partial charge in [0.15, 0.2) is 0 Å². The highest BCUT2D eigenvalue weighted by Gasteiger charge is 2.08. The molecular weight excluding hydrogens is 212 g/mol. The number of carbonyl (C=O) groups is 1. The average molecular weight is 223 g/mol. The molecule has 0 spiro atoms. The molecule has 4 heteroatoms. The Kier molecular flexibility index (Phi) is 4.02. The third kappa shape index (κ3) is 2.90. The molecule has 0 saturated carbocycles. The lowest BCUT2D eigenvalue weighted by Gasteiger charge is -2.07. The first-order valence-electron chi connectivity index (χ1n) is 4.38. The Labute approximate surface area is 93.8 Å².